The summed E-state index contributed by atoms with van der Waals surface area (Å²) < 4.78 is 0. The van der Waals surface area contributed by atoms with Gasteiger partial charge < -0.3 is 0 Å². The number of fused-ring (bicyclic) bond motifs is 1. The van der Waals surface area contributed by atoms with Gasteiger partial charge in [-0.25, -0.2) is 0 Å². The Hall–Kier alpha value is -2.72. The van der Waals surface area contributed by atoms with Gasteiger partial charge in [0.1, 0.15) is 0 Å². The van der Waals surface area contributed by atoms with Crippen LogP contribution in [0, 0.1) is 0 Å². The second-order valence-electron chi connectivity index (χ2n) is 4.91. The zero-order chi connectivity index (χ0) is 15.4. The minimum absolute atomic E-state index is 0.179. The maximum absolute atomic E-state index is 12.0. The van der Waals surface area contributed by atoms with Crippen LogP contribution >= 0.6 is 0 Å². The molecule has 4 heteroatoms. The standard InChI is InChI=1S/C18H15NO3/c20-17-15-11-4-5-12-16(15)18(21)19(17)22-13-7-6-10-14-8-2-1-3-9-14/h1-9,11-12H,10,13H2. The third kappa shape index (κ3) is 2.82. The molecule has 0 N–H and O–H groups in total. The van der Waals surface area contributed by atoms with E-state index in [0.717, 1.165) is 11.5 Å². The summed E-state index contributed by atoms with van der Waals surface area (Å²) in [4.78, 5) is 29.4. The second kappa shape index (κ2) is 6.37. The molecule has 0 fully saturated rings. The molecule has 2 aromatic carbocycles. The molecule has 1 heterocycles. The number of hydrogen-bond acceptors (Lipinski definition) is 3. The monoisotopic (exact) mass is 293 g/mol. The minimum Gasteiger partial charge on any atom is -0.266 e. The molecule has 4 nitrogen and oxygen atoms in total. The van der Waals surface area contributed by atoms with Crippen LogP contribution in [-0.2, 0) is 11.3 Å². The number of amides is 2. The SMILES string of the molecule is O=C1c2ccccc2C(=O)N1OCC=CCc1ccccc1. The zero-order valence-electron chi connectivity index (χ0n) is 11.9. The molecule has 0 bridgehead atoms. The van der Waals surface area contributed by atoms with Crippen LogP contribution in [0.4, 0.5) is 0 Å². The van der Waals surface area contributed by atoms with Crippen molar-refractivity contribution >= 4 is 11.8 Å². The number of imide groups is 1. The number of hydroxylamine groups is 2. The summed E-state index contributed by atoms with van der Waals surface area (Å²) in [5.41, 5.74) is 1.97. The van der Waals surface area contributed by atoms with Crippen LogP contribution in [0.15, 0.2) is 66.7 Å². The molecule has 22 heavy (non-hydrogen) atoms. The van der Waals surface area contributed by atoms with Crippen molar-refractivity contribution in [2.45, 2.75) is 6.42 Å². The summed E-state index contributed by atoms with van der Waals surface area (Å²) in [6.45, 7) is 0.179. The summed E-state index contributed by atoms with van der Waals surface area (Å²) >= 11 is 0. The van der Waals surface area contributed by atoms with E-state index >= 15 is 0 Å². The first-order chi connectivity index (χ1) is 10.8. The van der Waals surface area contributed by atoms with E-state index in [9.17, 15) is 9.59 Å². The molecule has 0 aromatic heterocycles. The number of nitrogens with zero attached hydrogens (tertiary/aromatic N) is 1. The normalized spacial score (nSPS) is 13.9. The molecule has 2 amide bonds. The average Bonchev–Trinajstić information content (AvgIpc) is 2.81. The Balaban J connectivity index is 1.55. The Kier molecular flexibility index (Phi) is 4.12. The number of allylic oxidation sites excluding steroid dienone is 1. The van der Waals surface area contributed by atoms with Crippen molar-refractivity contribution < 1.29 is 14.4 Å². The Bertz CT molecular complexity index is 687. The predicted molar refractivity (Wildman–Crippen MR) is 82.2 cm³/mol. The molecule has 110 valence electrons. The van der Waals surface area contributed by atoms with Gasteiger partial charge in [-0.15, -0.1) is 5.06 Å². The Morgan fingerprint density at radius 3 is 2.05 bits per heavy atom. The van der Waals surface area contributed by atoms with Crippen LogP contribution in [0.25, 0.3) is 0 Å². The van der Waals surface area contributed by atoms with Crippen LogP contribution in [0.1, 0.15) is 26.3 Å². The van der Waals surface area contributed by atoms with Gasteiger partial charge in [-0.3, -0.25) is 14.4 Å². The van der Waals surface area contributed by atoms with Crippen molar-refractivity contribution in [3.63, 3.8) is 0 Å². The maximum atomic E-state index is 12.0. The highest BCUT2D eigenvalue weighted by Gasteiger charge is 2.36. The lowest BCUT2D eigenvalue weighted by Gasteiger charge is -2.11. The number of hydrogen-bond donors (Lipinski definition) is 0. The fourth-order valence-electron chi connectivity index (χ4n) is 2.30. The fourth-order valence-corrected chi connectivity index (χ4v) is 2.30. The molecular formula is C18H15NO3. The zero-order valence-corrected chi connectivity index (χ0v) is 11.9. The lowest BCUT2D eigenvalue weighted by atomic mass is 10.1. The lowest BCUT2D eigenvalue weighted by Crippen LogP contribution is -2.30. The highest BCUT2D eigenvalue weighted by molar-refractivity contribution is 6.20. The second-order valence-corrected chi connectivity index (χ2v) is 4.91. The van der Waals surface area contributed by atoms with Gasteiger partial charge in [-0.1, -0.05) is 54.6 Å². The summed E-state index contributed by atoms with van der Waals surface area (Å²) in [5.74, 6) is -0.811. The van der Waals surface area contributed by atoms with Gasteiger partial charge in [-0.2, -0.15) is 0 Å². The van der Waals surface area contributed by atoms with Crippen LogP contribution in [-0.4, -0.2) is 23.5 Å². The Morgan fingerprint density at radius 1 is 0.818 bits per heavy atom. The summed E-state index contributed by atoms with van der Waals surface area (Å²) in [7, 11) is 0. The van der Waals surface area contributed by atoms with Gasteiger partial charge in [0.05, 0.1) is 17.7 Å². The van der Waals surface area contributed by atoms with Crippen LogP contribution in [0.3, 0.4) is 0 Å². The van der Waals surface area contributed by atoms with E-state index < -0.39 is 11.8 Å². The lowest BCUT2D eigenvalue weighted by molar-refractivity contribution is -0.0802. The molecule has 0 aliphatic carbocycles. The van der Waals surface area contributed by atoms with E-state index in [2.05, 4.69) is 0 Å². The van der Waals surface area contributed by atoms with Crippen LogP contribution in [0.2, 0.25) is 0 Å². The predicted octanol–water partition coefficient (Wildman–Crippen LogP) is 3.01. The third-order valence-corrected chi connectivity index (χ3v) is 3.42. The van der Waals surface area contributed by atoms with Crippen LogP contribution in [0.5, 0.6) is 0 Å². The quantitative estimate of drug-likeness (QED) is 0.629. The van der Waals surface area contributed by atoms with E-state index in [0.29, 0.717) is 11.1 Å². The van der Waals surface area contributed by atoms with E-state index in [4.69, 9.17) is 4.84 Å². The fraction of sp³-hybridized carbons (Fsp3) is 0.111. The number of carbonyl (C=O) groups is 2. The highest BCUT2D eigenvalue weighted by atomic mass is 16.7. The van der Waals surface area contributed by atoms with E-state index in [-0.39, 0.29) is 6.61 Å². The van der Waals surface area contributed by atoms with Crippen LogP contribution < -0.4 is 0 Å². The first kappa shape index (κ1) is 14.2. The van der Waals surface area contributed by atoms with Crippen molar-refractivity contribution in [3.05, 3.63) is 83.4 Å². The van der Waals surface area contributed by atoms with Crippen molar-refractivity contribution in [1.29, 1.82) is 0 Å². The van der Waals surface area contributed by atoms with Crippen molar-refractivity contribution in [1.82, 2.24) is 5.06 Å². The molecule has 1 aliphatic heterocycles. The maximum Gasteiger partial charge on any atom is 0.285 e. The summed E-state index contributed by atoms with van der Waals surface area (Å²) in [6, 6.07) is 16.7. The first-order valence-corrected chi connectivity index (χ1v) is 7.07. The smallest absolute Gasteiger partial charge is 0.266 e. The van der Waals surface area contributed by atoms with E-state index in [1.807, 2.05) is 36.4 Å². The molecule has 0 spiro atoms. The molecule has 0 radical (unpaired) electrons. The van der Waals surface area contributed by atoms with Gasteiger partial charge in [-0.05, 0) is 24.1 Å². The van der Waals surface area contributed by atoms with Crippen molar-refractivity contribution in [3.8, 4) is 0 Å². The molecule has 0 saturated carbocycles. The Labute approximate surface area is 128 Å². The molecule has 2 aromatic rings. The topological polar surface area (TPSA) is 46.6 Å². The number of rotatable bonds is 5. The van der Waals surface area contributed by atoms with Crippen molar-refractivity contribution in [2.75, 3.05) is 6.61 Å². The van der Waals surface area contributed by atoms with Gasteiger partial charge in [0.25, 0.3) is 11.8 Å². The minimum atomic E-state index is -0.406. The molecule has 3 rings (SSSR count). The van der Waals surface area contributed by atoms with E-state index in [1.165, 1.54) is 5.56 Å². The molecule has 0 unspecified atom stereocenters. The largest absolute Gasteiger partial charge is 0.285 e. The first-order valence-electron chi connectivity index (χ1n) is 7.07. The summed E-state index contributed by atoms with van der Waals surface area (Å²) in [6.07, 6.45) is 4.54. The number of benzene rings is 2. The van der Waals surface area contributed by atoms with Crippen molar-refractivity contribution in [2.24, 2.45) is 0 Å². The molecule has 0 saturated heterocycles. The molecular weight excluding hydrogens is 278 g/mol. The van der Waals surface area contributed by atoms with Gasteiger partial charge >= 0.3 is 0 Å². The van der Waals surface area contributed by atoms with Gasteiger partial charge in [0, 0.05) is 0 Å². The highest BCUT2D eigenvalue weighted by Crippen LogP contribution is 2.22. The molecule has 1 aliphatic rings. The van der Waals surface area contributed by atoms with Gasteiger partial charge in [0.2, 0.25) is 0 Å². The third-order valence-electron chi connectivity index (χ3n) is 3.42. The average molecular weight is 293 g/mol. The molecule has 0 atom stereocenters. The Morgan fingerprint density at radius 2 is 1.41 bits per heavy atom. The van der Waals surface area contributed by atoms with Gasteiger partial charge in [0.15, 0.2) is 0 Å². The summed E-state index contributed by atoms with van der Waals surface area (Å²) in [5, 5.41) is 0.831. The number of carbonyl (C=O) groups excluding carboxylic acids is 2. The van der Waals surface area contributed by atoms with E-state index in [1.54, 1.807) is 30.3 Å².